The molecule has 0 atom stereocenters. The highest BCUT2D eigenvalue weighted by molar-refractivity contribution is 9.10. The molecule has 1 saturated heterocycles. The van der Waals surface area contributed by atoms with Gasteiger partial charge in [0.25, 0.3) is 0 Å². The molecule has 0 aromatic heterocycles. The van der Waals surface area contributed by atoms with Crippen molar-refractivity contribution in [3.05, 3.63) is 57.0 Å². The number of hydrogen-bond donors (Lipinski definition) is 1. The molecule has 4 nitrogen and oxygen atoms in total. The predicted octanol–water partition coefficient (Wildman–Crippen LogP) is 4.48. The molecule has 1 amide bonds. The highest BCUT2D eigenvalue weighted by Crippen LogP contribution is 2.26. The molecule has 26 heavy (non-hydrogen) atoms. The summed E-state index contributed by atoms with van der Waals surface area (Å²) in [5.41, 5.74) is 4.60. The van der Waals surface area contributed by atoms with Crippen LogP contribution in [0.5, 0.6) is 0 Å². The topological polar surface area (TPSA) is 35.6 Å². The Morgan fingerprint density at radius 1 is 1.15 bits per heavy atom. The number of piperazine rings is 1. The average molecular weight is 437 g/mol. The van der Waals surface area contributed by atoms with Gasteiger partial charge in [0.05, 0.1) is 17.3 Å². The molecule has 0 unspecified atom stereocenters. The van der Waals surface area contributed by atoms with Crippen LogP contribution in [-0.4, -0.2) is 43.5 Å². The van der Waals surface area contributed by atoms with E-state index in [1.54, 1.807) is 6.07 Å². The molecule has 1 aliphatic heterocycles. The van der Waals surface area contributed by atoms with Crippen LogP contribution in [0.1, 0.15) is 11.1 Å². The summed E-state index contributed by atoms with van der Waals surface area (Å²) in [4.78, 5) is 16.9. The molecule has 1 heterocycles. The smallest absolute Gasteiger partial charge is 0.238 e. The molecule has 1 N–H and O–H groups in total. The van der Waals surface area contributed by atoms with Crippen molar-refractivity contribution in [1.29, 1.82) is 0 Å². The number of anilines is 2. The van der Waals surface area contributed by atoms with Crippen LogP contribution in [0.2, 0.25) is 5.02 Å². The molecule has 6 heteroatoms. The lowest BCUT2D eigenvalue weighted by molar-refractivity contribution is -0.117. The summed E-state index contributed by atoms with van der Waals surface area (Å²) in [6.45, 7) is 8.29. The monoisotopic (exact) mass is 435 g/mol. The standard InChI is InChI=1S/C20H23BrClN3O/c1-14-4-3-5-19(15(14)2)25-10-8-24(9-11-25)13-20(26)23-18-7-6-16(21)12-17(18)22/h3-7,12H,8-11,13H2,1-2H3,(H,23,26). The van der Waals surface area contributed by atoms with Gasteiger partial charge in [-0.2, -0.15) is 0 Å². The van der Waals surface area contributed by atoms with Gasteiger partial charge in [0, 0.05) is 36.3 Å². The number of rotatable bonds is 4. The van der Waals surface area contributed by atoms with Crippen molar-refractivity contribution < 1.29 is 4.79 Å². The van der Waals surface area contributed by atoms with Gasteiger partial charge in [0.1, 0.15) is 0 Å². The zero-order chi connectivity index (χ0) is 18.7. The Bertz CT molecular complexity index is 804. The van der Waals surface area contributed by atoms with Gasteiger partial charge >= 0.3 is 0 Å². The molecule has 3 rings (SSSR count). The van der Waals surface area contributed by atoms with E-state index in [4.69, 9.17) is 11.6 Å². The van der Waals surface area contributed by atoms with Gasteiger partial charge in [0.15, 0.2) is 0 Å². The first kappa shape index (κ1) is 19.2. The van der Waals surface area contributed by atoms with Crippen LogP contribution < -0.4 is 10.2 Å². The minimum absolute atomic E-state index is 0.0330. The lowest BCUT2D eigenvalue weighted by atomic mass is 10.1. The second-order valence-electron chi connectivity index (χ2n) is 6.65. The zero-order valence-electron chi connectivity index (χ0n) is 15.1. The molecule has 0 aliphatic carbocycles. The van der Waals surface area contributed by atoms with Crippen LogP contribution in [0.4, 0.5) is 11.4 Å². The van der Waals surface area contributed by atoms with E-state index >= 15 is 0 Å². The van der Waals surface area contributed by atoms with Crippen LogP contribution in [0.15, 0.2) is 40.9 Å². The minimum atomic E-state index is -0.0330. The van der Waals surface area contributed by atoms with Crippen LogP contribution in [0.3, 0.4) is 0 Å². The van der Waals surface area contributed by atoms with Crippen LogP contribution in [0, 0.1) is 13.8 Å². The molecular weight excluding hydrogens is 414 g/mol. The Hall–Kier alpha value is -1.56. The zero-order valence-corrected chi connectivity index (χ0v) is 17.4. The highest BCUT2D eigenvalue weighted by atomic mass is 79.9. The highest BCUT2D eigenvalue weighted by Gasteiger charge is 2.20. The van der Waals surface area contributed by atoms with E-state index in [9.17, 15) is 4.79 Å². The van der Waals surface area contributed by atoms with E-state index in [-0.39, 0.29) is 5.91 Å². The van der Waals surface area contributed by atoms with Gasteiger partial charge in [-0.25, -0.2) is 0 Å². The molecule has 2 aromatic carbocycles. The third-order valence-electron chi connectivity index (χ3n) is 4.86. The molecule has 0 saturated carbocycles. The Morgan fingerprint density at radius 2 is 1.88 bits per heavy atom. The third kappa shape index (κ3) is 4.58. The first-order chi connectivity index (χ1) is 12.4. The van der Waals surface area contributed by atoms with Gasteiger partial charge in [-0.05, 0) is 49.2 Å². The summed E-state index contributed by atoms with van der Waals surface area (Å²) in [6.07, 6.45) is 0. The van der Waals surface area contributed by atoms with Crippen molar-refractivity contribution in [1.82, 2.24) is 4.90 Å². The van der Waals surface area contributed by atoms with Gasteiger partial charge in [-0.3, -0.25) is 9.69 Å². The van der Waals surface area contributed by atoms with E-state index in [1.807, 2.05) is 12.1 Å². The quantitative estimate of drug-likeness (QED) is 0.767. The molecule has 1 aliphatic rings. The maximum atomic E-state index is 12.3. The SMILES string of the molecule is Cc1cccc(N2CCN(CC(=O)Nc3ccc(Br)cc3Cl)CC2)c1C. The van der Waals surface area contributed by atoms with E-state index in [2.05, 4.69) is 63.1 Å². The number of nitrogens with zero attached hydrogens (tertiary/aromatic N) is 2. The van der Waals surface area contributed by atoms with Crippen molar-refractivity contribution in [3.63, 3.8) is 0 Å². The molecular formula is C20H23BrClN3O. The number of carbonyl (C=O) groups is 1. The Morgan fingerprint density at radius 3 is 2.58 bits per heavy atom. The van der Waals surface area contributed by atoms with Gasteiger partial charge < -0.3 is 10.2 Å². The largest absolute Gasteiger partial charge is 0.369 e. The Kier molecular flexibility index (Phi) is 6.22. The van der Waals surface area contributed by atoms with Crippen LogP contribution in [0.25, 0.3) is 0 Å². The number of halogens is 2. The predicted molar refractivity (Wildman–Crippen MR) is 112 cm³/mol. The van der Waals surface area contributed by atoms with Crippen molar-refractivity contribution in [2.45, 2.75) is 13.8 Å². The summed E-state index contributed by atoms with van der Waals surface area (Å²) in [6, 6.07) is 11.9. The average Bonchev–Trinajstić information content (AvgIpc) is 2.61. The summed E-state index contributed by atoms with van der Waals surface area (Å²) < 4.78 is 0.892. The van der Waals surface area contributed by atoms with Crippen molar-refractivity contribution in [3.8, 4) is 0 Å². The molecule has 0 spiro atoms. The summed E-state index contributed by atoms with van der Waals surface area (Å²) in [5.74, 6) is -0.0330. The number of benzene rings is 2. The maximum absolute atomic E-state index is 12.3. The van der Waals surface area contributed by atoms with Crippen molar-refractivity contribution in [2.75, 3.05) is 42.9 Å². The molecule has 1 fully saturated rings. The second-order valence-corrected chi connectivity index (χ2v) is 7.98. The van der Waals surface area contributed by atoms with Gasteiger partial charge in [0.2, 0.25) is 5.91 Å². The first-order valence-corrected chi connectivity index (χ1v) is 9.89. The fourth-order valence-electron chi connectivity index (χ4n) is 3.21. The number of nitrogens with one attached hydrogen (secondary N) is 1. The molecule has 2 aromatic rings. The molecule has 0 radical (unpaired) electrons. The lowest BCUT2D eigenvalue weighted by Crippen LogP contribution is -2.48. The number of carbonyl (C=O) groups excluding carboxylic acids is 1. The van der Waals surface area contributed by atoms with Crippen LogP contribution >= 0.6 is 27.5 Å². The normalized spacial score (nSPS) is 15.2. The van der Waals surface area contributed by atoms with Crippen molar-refractivity contribution in [2.24, 2.45) is 0 Å². The summed E-state index contributed by atoms with van der Waals surface area (Å²) in [7, 11) is 0. The molecule has 138 valence electrons. The fourth-order valence-corrected chi connectivity index (χ4v) is 3.93. The van der Waals surface area contributed by atoms with E-state index in [1.165, 1.54) is 16.8 Å². The van der Waals surface area contributed by atoms with Gasteiger partial charge in [-0.1, -0.05) is 39.7 Å². The lowest BCUT2D eigenvalue weighted by Gasteiger charge is -2.36. The van der Waals surface area contributed by atoms with Crippen molar-refractivity contribution >= 4 is 44.8 Å². The van der Waals surface area contributed by atoms with Gasteiger partial charge in [-0.15, -0.1) is 0 Å². The number of aryl methyl sites for hydroxylation is 1. The second kappa shape index (κ2) is 8.42. The summed E-state index contributed by atoms with van der Waals surface area (Å²) >= 11 is 9.53. The number of amides is 1. The molecule has 0 bridgehead atoms. The first-order valence-electron chi connectivity index (χ1n) is 8.72. The summed E-state index contributed by atoms with van der Waals surface area (Å²) in [5, 5.41) is 3.43. The van der Waals surface area contributed by atoms with E-state index < -0.39 is 0 Å². The van der Waals surface area contributed by atoms with E-state index in [0.717, 1.165) is 30.7 Å². The van der Waals surface area contributed by atoms with Crippen LogP contribution in [-0.2, 0) is 4.79 Å². The van der Waals surface area contributed by atoms with E-state index in [0.29, 0.717) is 17.3 Å². The maximum Gasteiger partial charge on any atom is 0.238 e. The Labute approximate surface area is 168 Å². The Balaban J connectivity index is 1.53. The fraction of sp³-hybridized carbons (Fsp3) is 0.350. The minimum Gasteiger partial charge on any atom is -0.369 e. The third-order valence-corrected chi connectivity index (χ3v) is 5.67. The number of hydrogen-bond acceptors (Lipinski definition) is 3.